The van der Waals surface area contributed by atoms with Gasteiger partial charge in [-0.3, -0.25) is 9.58 Å². The largest absolute Gasteiger partial charge is 0.382 e. The Morgan fingerprint density at radius 2 is 2.29 bits per heavy atom. The van der Waals surface area contributed by atoms with E-state index in [2.05, 4.69) is 29.0 Å². The van der Waals surface area contributed by atoms with Crippen LogP contribution >= 0.6 is 0 Å². The fourth-order valence-electron chi connectivity index (χ4n) is 2.40. The molecule has 96 valence electrons. The van der Waals surface area contributed by atoms with Gasteiger partial charge in [0.2, 0.25) is 0 Å². The van der Waals surface area contributed by atoms with E-state index in [1.165, 1.54) is 25.9 Å². The molecule has 1 fully saturated rings. The number of nitrogens with two attached hydrogens (primary N) is 1. The number of nitrogen functional groups attached to an aromatic ring is 1. The van der Waals surface area contributed by atoms with Crippen molar-refractivity contribution in [2.75, 3.05) is 39.5 Å². The molecular weight excluding hydrogens is 214 g/mol. The first-order valence-electron chi connectivity index (χ1n) is 6.33. The van der Waals surface area contributed by atoms with Gasteiger partial charge in [-0.1, -0.05) is 0 Å². The Bertz CT molecular complexity index is 346. The molecule has 1 atom stereocenters. The molecule has 1 aliphatic heterocycles. The Labute approximate surface area is 103 Å². The number of aromatic nitrogens is 2. The van der Waals surface area contributed by atoms with E-state index < -0.39 is 0 Å². The molecule has 0 radical (unpaired) electrons. The lowest BCUT2D eigenvalue weighted by atomic mass is 10.1. The SMILES string of the molecule is CN(C)C1CCCN(CCn2ccc(N)n2)C1. The van der Waals surface area contributed by atoms with Crippen LogP contribution in [-0.2, 0) is 6.54 Å². The van der Waals surface area contributed by atoms with Crippen molar-refractivity contribution >= 4 is 5.82 Å². The summed E-state index contributed by atoms with van der Waals surface area (Å²) in [6, 6.07) is 2.55. The van der Waals surface area contributed by atoms with E-state index in [-0.39, 0.29) is 0 Å². The molecule has 0 aliphatic carbocycles. The summed E-state index contributed by atoms with van der Waals surface area (Å²) in [5.74, 6) is 0.606. The summed E-state index contributed by atoms with van der Waals surface area (Å²) in [7, 11) is 4.34. The lowest BCUT2D eigenvalue weighted by Gasteiger charge is -2.36. The Hall–Kier alpha value is -1.07. The number of piperidine rings is 1. The Kier molecular flexibility index (Phi) is 4.02. The van der Waals surface area contributed by atoms with Gasteiger partial charge in [0, 0.05) is 25.3 Å². The minimum atomic E-state index is 0.606. The highest BCUT2D eigenvalue weighted by atomic mass is 15.3. The van der Waals surface area contributed by atoms with E-state index in [1.54, 1.807) is 0 Å². The van der Waals surface area contributed by atoms with E-state index in [9.17, 15) is 0 Å². The molecule has 2 heterocycles. The summed E-state index contributed by atoms with van der Waals surface area (Å²) < 4.78 is 1.93. The van der Waals surface area contributed by atoms with Crippen molar-refractivity contribution in [3.05, 3.63) is 12.3 Å². The predicted octanol–water partition coefficient (Wildman–Crippen LogP) is 0.491. The zero-order chi connectivity index (χ0) is 12.3. The smallest absolute Gasteiger partial charge is 0.145 e. The molecule has 1 aromatic rings. The second-order valence-corrected chi connectivity index (χ2v) is 5.06. The Balaban J connectivity index is 1.79. The molecule has 5 heteroatoms. The van der Waals surface area contributed by atoms with Gasteiger partial charge in [-0.05, 0) is 39.5 Å². The average Bonchev–Trinajstić information content (AvgIpc) is 2.73. The molecule has 17 heavy (non-hydrogen) atoms. The third-order valence-electron chi connectivity index (χ3n) is 3.52. The fourth-order valence-corrected chi connectivity index (χ4v) is 2.40. The Morgan fingerprint density at radius 1 is 1.47 bits per heavy atom. The number of anilines is 1. The molecule has 1 aliphatic rings. The van der Waals surface area contributed by atoms with Gasteiger partial charge in [0.25, 0.3) is 0 Å². The topological polar surface area (TPSA) is 50.3 Å². The maximum Gasteiger partial charge on any atom is 0.145 e. The molecule has 5 nitrogen and oxygen atoms in total. The maximum absolute atomic E-state index is 5.60. The van der Waals surface area contributed by atoms with Crippen molar-refractivity contribution in [2.45, 2.75) is 25.4 Å². The maximum atomic E-state index is 5.60. The fraction of sp³-hybridized carbons (Fsp3) is 0.750. The minimum Gasteiger partial charge on any atom is -0.382 e. The lowest BCUT2D eigenvalue weighted by molar-refractivity contribution is 0.129. The molecule has 1 aromatic heterocycles. The second kappa shape index (κ2) is 5.51. The normalized spacial score (nSPS) is 22.2. The summed E-state index contributed by atoms with van der Waals surface area (Å²) in [4.78, 5) is 4.85. The molecule has 0 aromatic carbocycles. The average molecular weight is 237 g/mol. The molecular formula is C12H23N5. The molecule has 1 unspecified atom stereocenters. The van der Waals surface area contributed by atoms with Crippen molar-refractivity contribution in [1.29, 1.82) is 0 Å². The zero-order valence-electron chi connectivity index (χ0n) is 10.8. The molecule has 0 saturated carbocycles. The van der Waals surface area contributed by atoms with E-state index >= 15 is 0 Å². The van der Waals surface area contributed by atoms with Crippen LogP contribution in [0.4, 0.5) is 5.82 Å². The van der Waals surface area contributed by atoms with Crippen LogP contribution in [0.5, 0.6) is 0 Å². The number of hydrogen-bond acceptors (Lipinski definition) is 4. The van der Waals surface area contributed by atoms with Crippen LogP contribution in [0.25, 0.3) is 0 Å². The van der Waals surface area contributed by atoms with Gasteiger partial charge < -0.3 is 10.6 Å². The van der Waals surface area contributed by atoms with Gasteiger partial charge in [-0.15, -0.1) is 0 Å². The number of hydrogen-bond donors (Lipinski definition) is 1. The third kappa shape index (κ3) is 3.44. The molecule has 2 N–H and O–H groups in total. The summed E-state index contributed by atoms with van der Waals surface area (Å²) in [5, 5.41) is 4.21. The van der Waals surface area contributed by atoms with E-state index in [4.69, 9.17) is 5.73 Å². The van der Waals surface area contributed by atoms with Crippen molar-refractivity contribution in [1.82, 2.24) is 19.6 Å². The molecule has 0 bridgehead atoms. The van der Waals surface area contributed by atoms with Gasteiger partial charge in [-0.2, -0.15) is 5.10 Å². The van der Waals surface area contributed by atoms with Crippen molar-refractivity contribution < 1.29 is 0 Å². The molecule has 0 amide bonds. The van der Waals surface area contributed by atoms with Crippen LogP contribution in [0, 0.1) is 0 Å². The van der Waals surface area contributed by atoms with Gasteiger partial charge in [0.15, 0.2) is 0 Å². The van der Waals surface area contributed by atoms with Crippen LogP contribution in [-0.4, -0.2) is 59.4 Å². The Morgan fingerprint density at radius 3 is 2.94 bits per heavy atom. The van der Waals surface area contributed by atoms with Crippen LogP contribution < -0.4 is 5.73 Å². The number of nitrogens with zero attached hydrogens (tertiary/aromatic N) is 4. The van der Waals surface area contributed by atoms with Crippen molar-refractivity contribution in [3.8, 4) is 0 Å². The van der Waals surface area contributed by atoms with Gasteiger partial charge in [-0.25, -0.2) is 0 Å². The number of rotatable bonds is 4. The van der Waals surface area contributed by atoms with Gasteiger partial charge in [0.1, 0.15) is 5.82 Å². The monoisotopic (exact) mass is 237 g/mol. The van der Waals surface area contributed by atoms with Crippen LogP contribution in [0.15, 0.2) is 12.3 Å². The minimum absolute atomic E-state index is 0.606. The summed E-state index contributed by atoms with van der Waals surface area (Å²) in [6.07, 6.45) is 4.56. The molecule has 0 spiro atoms. The third-order valence-corrected chi connectivity index (χ3v) is 3.52. The first kappa shape index (κ1) is 12.4. The summed E-state index contributed by atoms with van der Waals surface area (Å²) >= 11 is 0. The highest BCUT2D eigenvalue weighted by Gasteiger charge is 2.20. The van der Waals surface area contributed by atoms with E-state index in [1.807, 2.05) is 16.9 Å². The number of likely N-dealkylation sites (N-methyl/N-ethyl adjacent to an activating group) is 1. The summed E-state index contributed by atoms with van der Waals surface area (Å²) in [5.41, 5.74) is 5.60. The predicted molar refractivity (Wildman–Crippen MR) is 69.8 cm³/mol. The lowest BCUT2D eigenvalue weighted by Crippen LogP contribution is -2.45. The van der Waals surface area contributed by atoms with Crippen LogP contribution in [0.1, 0.15) is 12.8 Å². The first-order chi connectivity index (χ1) is 8.15. The van der Waals surface area contributed by atoms with Gasteiger partial charge in [0.05, 0.1) is 6.54 Å². The van der Waals surface area contributed by atoms with Crippen LogP contribution in [0.3, 0.4) is 0 Å². The molecule has 2 rings (SSSR count). The van der Waals surface area contributed by atoms with Crippen LogP contribution in [0.2, 0.25) is 0 Å². The van der Waals surface area contributed by atoms with Crippen molar-refractivity contribution in [2.24, 2.45) is 0 Å². The highest BCUT2D eigenvalue weighted by molar-refractivity contribution is 5.23. The van der Waals surface area contributed by atoms with Crippen molar-refractivity contribution in [3.63, 3.8) is 0 Å². The molecule has 1 saturated heterocycles. The standard InChI is InChI=1S/C12H23N5/c1-15(2)11-4-3-6-16(10-11)8-9-17-7-5-12(13)14-17/h5,7,11H,3-4,6,8-10H2,1-2H3,(H2,13,14). The van der Waals surface area contributed by atoms with E-state index in [0.717, 1.165) is 13.1 Å². The summed E-state index contributed by atoms with van der Waals surface area (Å²) in [6.45, 7) is 4.37. The number of likely N-dealkylation sites (tertiary alicyclic amines) is 1. The quantitative estimate of drug-likeness (QED) is 0.828. The first-order valence-corrected chi connectivity index (χ1v) is 6.33. The zero-order valence-corrected chi connectivity index (χ0v) is 10.8. The van der Waals surface area contributed by atoms with E-state index in [0.29, 0.717) is 11.9 Å². The highest BCUT2D eigenvalue weighted by Crippen LogP contribution is 2.13. The second-order valence-electron chi connectivity index (χ2n) is 5.06. The van der Waals surface area contributed by atoms with Gasteiger partial charge >= 0.3 is 0 Å².